The summed E-state index contributed by atoms with van der Waals surface area (Å²) in [6, 6.07) is 1.53. The monoisotopic (exact) mass is 287 g/mol. The van der Waals surface area contributed by atoms with Crippen molar-refractivity contribution >= 4 is 10.0 Å². The quantitative estimate of drug-likeness (QED) is 0.709. The Labute approximate surface area is 114 Å². The van der Waals surface area contributed by atoms with Crippen LogP contribution in [0, 0.1) is 5.92 Å². The molecule has 1 saturated heterocycles. The first-order chi connectivity index (χ1) is 9.03. The van der Waals surface area contributed by atoms with Gasteiger partial charge in [0.1, 0.15) is 0 Å². The number of rotatable bonds is 6. The minimum absolute atomic E-state index is 0.116. The molecule has 3 N–H and O–H groups in total. The average molecular weight is 287 g/mol. The Kier molecular flexibility index (Phi) is 4.62. The molecule has 2 heterocycles. The third-order valence-corrected chi connectivity index (χ3v) is 4.95. The van der Waals surface area contributed by atoms with Crippen LogP contribution in [0.5, 0.6) is 0 Å². The van der Waals surface area contributed by atoms with E-state index in [0.29, 0.717) is 19.8 Å². The third kappa shape index (κ3) is 3.56. The van der Waals surface area contributed by atoms with Crippen LogP contribution >= 0.6 is 0 Å². The SMILES string of the molecule is CNCc1cc(S(=O)(=O)NC(C)C2CCOC2)c[nH]1. The summed E-state index contributed by atoms with van der Waals surface area (Å²) in [4.78, 5) is 3.23. The Morgan fingerprint density at radius 2 is 2.37 bits per heavy atom. The van der Waals surface area contributed by atoms with Crippen LogP contribution in [0.4, 0.5) is 0 Å². The van der Waals surface area contributed by atoms with E-state index in [1.54, 1.807) is 6.07 Å². The van der Waals surface area contributed by atoms with Gasteiger partial charge in [-0.2, -0.15) is 0 Å². The Morgan fingerprint density at radius 1 is 1.58 bits per heavy atom. The predicted molar refractivity (Wildman–Crippen MR) is 72.3 cm³/mol. The maximum Gasteiger partial charge on any atom is 0.242 e. The Bertz CT molecular complexity index is 506. The average Bonchev–Trinajstić information content (AvgIpc) is 2.99. The number of hydrogen-bond donors (Lipinski definition) is 3. The molecule has 1 aromatic rings. The minimum atomic E-state index is -3.46. The van der Waals surface area contributed by atoms with Crippen LogP contribution in [0.3, 0.4) is 0 Å². The van der Waals surface area contributed by atoms with Crippen molar-refractivity contribution in [2.24, 2.45) is 5.92 Å². The van der Waals surface area contributed by atoms with Crippen molar-refractivity contribution in [3.05, 3.63) is 18.0 Å². The molecule has 0 radical (unpaired) electrons. The topological polar surface area (TPSA) is 83.2 Å². The van der Waals surface area contributed by atoms with E-state index in [-0.39, 0.29) is 16.9 Å². The fraction of sp³-hybridized carbons (Fsp3) is 0.667. The van der Waals surface area contributed by atoms with Gasteiger partial charge in [-0.1, -0.05) is 0 Å². The van der Waals surface area contributed by atoms with Gasteiger partial charge in [-0.15, -0.1) is 0 Å². The van der Waals surface area contributed by atoms with Gasteiger partial charge in [-0.05, 0) is 26.5 Å². The normalized spacial score (nSPS) is 21.7. The molecule has 1 fully saturated rings. The molecule has 0 bridgehead atoms. The van der Waals surface area contributed by atoms with Gasteiger partial charge >= 0.3 is 0 Å². The van der Waals surface area contributed by atoms with Crippen molar-refractivity contribution in [3.63, 3.8) is 0 Å². The number of sulfonamides is 1. The van der Waals surface area contributed by atoms with E-state index in [0.717, 1.165) is 12.1 Å². The van der Waals surface area contributed by atoms with Gasteiger partial charge in [0, 0.05) is 37.0 Å². The Morgan fingerprint density at radius 3 is 3.00 bits per heavy atom. The maximum absolute atomic E-state index is 12.2. The molecule has 108 valence electrons. The predicted octanol–water partition coefficient (Wildman–Crippen LogP) is 0.437. The van der Waals surface area contributed by atoms with Crippen molar-refractivity contribution in [2.75, 3.05) is 20.3 Å². The highest BCUT2D eigenvalue weighted by atomic mass is 32.2. The van der Waals surface area contributed by atoms with E-state index < -0.39 is 10.0 Å². The highest BCUT2D eigenvalue weighted by Crippen LogP contribution is 2.19. The van der Waals surface area contributed by atoms with Gasteiger partial charge < -0.3 is 15.0 Å². The fourth-order valence-electron chi connectivity index (χ4n) is 2.22. The highest BCUT2D eigenvalue weighted by molar-refractivity contribution is 7.89. The van der Waals surface area contributed by atoms with Gasteiger partial charge in [0.2, 0.25) is 10.0 Å². The Hall–Kier alpha value is -0.890. The summed E-state index contributed by atoms with van der Waals surface area (Å²) in [6.07, 6.45) is 2.43. The maximum atomic E-state index is 12.2. The van der Waals surface area contributed by atoms with Gasteiger partial charge in [-0.25, -0.2) is 13.1 Å². The molecule has 2 rings (SSSR count). The van der Waals surface area contributed by atoms with Crippen LogP contribution in [0.1, 0.15) is 19.0 Å². The van der Waals surface area contributed by atoms with Gasteiger partial charge in [0.25, 0.3) is 0 Å². The van der Waals surface area contributed by atoms with Crippen molar-refractivity contribution in [3.8, 4) is 0 Å². The standard InChI is InChI=1S/C12H21N3O3S/c1-9(10-3-4-18-8-10)15-19(16,17)12-5-11(6-13-2)14-7-12/h5,7,9-10,13-15H,3-4,6,8H2,1-2H3. The van der Waals surface area contributed by atoms with Gasteiger partial charge in [0.05, 0.1) is 11.5 Å². The third-order valence-electron chi connectivity index (χ3n) is 3.41. The second-order valence-corrected chi connectivity index (χ2v) is 6.64. The van der Waals surface area contributed by atoms with Crippen molar-refractivity contribution < 1.29 is 13.2 Å². The Balaban J connectivity index is 2.03. The molecule has 0 aliphatic carbocycles. The molecular formula is C12H21N3O3S. The minimum Gasteiger partial charge on any atom is -0.381 e. The number of aromatic amines is 1. The van der Waals surface area contributed by atoms with Gasteiger partial charge in [0.15, 0.2) is 0 Å². The van der Waals surface area contributed by atoms with E-state index >= 15 is 0 Å². The molecule has 1 aliphatic heterocycles. The first-order valence-corrected chi connectivity index (χ1v) is 7.93. The first-order valence-electron chi connectivity index (χ1n) is 6.45. The zero-order valence-electron chi connectivity index (χ0n) is 11.3. The lowest BCUT2D eigenvalue weighted by molar-refractivity contribution is 0.180. The van der Waals surface area contributed by atoms with Crippen LogP contribution in [0.15, 0.2) is 17.2 Å². The lowest BCUT2D eigenvalue weighted by Crippen LogP contribution is -2.38. The van der Waals surface area contributed by atoms with Crippen molar-refractivity contribution in [2.45, 2.75) is 30.8 Å². The summed E-state index contributed by atoms with van der Waals surface area (Å²) >= 11 is 0. The van der Waals surface area contributed by atoms with Gasteiger partial charge in [-0.3, -0.25) is 0 Å². The number of ether oxygens (including phenoxy) is 1. The molecule has 0 spiro atoms. The molecule has 7 heteroatoms. The molecule has 1 aliphatic rings. The number of aromatic nitrogens is 1. The van der Waals surface area contributed by atoms with E-state index in [1.807, 2.05) is 14.0 Å². The van der Waals surface area contributed by atoms with E-state index in [9.17, 15) is 8.42 Å². The molecule has 1 aromatic heterocycles. The molecule has 0 aromatic carbocycles. The molecule has 2 unspecified atom stereocenters. The van der Waals surface area contributed by atoms with Crippen LogP contribution in [-0.2, 0) is 21.3 Å². The summed E-state index contributed by atoms with van der Waals surface area (Å²) in [7, 11) is -1.64. The van der Waals surface area contributed by atoms with E-state index in [1.165, 1.54) is 6.20 Å². The number of H-pyrrole nitrogens is 1. The molecule has 2 atom stereocenters. The van der Waals surface area contributed by atoms with E-state index in [2.05, 4.69) is 15.0 Å². The summed E-state index contributed by atoms with van der Waals surface area (Å²) in [5, 5.41) is 2.97. The van der Waals surface area contributed by atoms with Crippen molar-refractivity contribution in [1.82, 2.24) is 15.0 Å². The lowest BCUT2D eigenvalue weighted by Gasteiger charge is -2.18. The summed E-state index contributed by atoms with van der Waals surface area (Å²) in [5.41, 5.74) is 0.847. The van der Waals surface area contributed by atoms with Crippen LogP contribution < -0.4 is 10.0 Å². The van der Waals surface area contributed by atoms with Crippen molar-refractivity contribution in [1.29, 1.82) is 0 Å². The summed E-state index contributed by atoms with van der Waals surface area (Å²) < 4.78 is 32.5. The second kappa shape index (κ2) is 6.04. The lowest BCUT2D eigenvalue weighted by atomic mass is 10.0. The number of hydrogen-bond acceptors (Lipinski definition) is 4. The van der Waals surface area contributed by atoms with Crippen LogP contribution in [0.2, 0.25) is 0 Å². The molecular weight excluding hydrogens is 266 g/mol. The second-order valence-electron chi connectivity index (χ2n) is 4.92. The number of nitrogens with one attached hydrogen (secondary N) is 3. The summed E-state index contributed by atoms with van der Waals surface area (Å²) in [5.74, 6) is 0.255. The first kappa shape index (κ1) is 14.5. The highest BCUT2D eigenvalue weighted by Gasteiger charge is 2.27. The smallest absolute Gasteiger partial charge is 0.242 e. The van der Waals surface area contributed by atoms with Crippen LogP contribution in [-0.4, -0.2) is 39.7 Å². The fourth-order valence-corrected chi connectivity index (χ4v) is 3.55. The van der Waals surface area contributed by atoms with Crippen LogP contribution in [0.25, 0.3) is 0 Å². The zero-order valence-corrected chi connectivity index (χ0v) is 12.1. The zero-order chi connectivity index (χ0) is 13.9. The largest absolute Gasteiger partial charge is 0.381 e. The molecule has 0 saturated carbocycles. The molecule has 19 heavy (non-hydrogen) atoms. The molecule has 6 nitrogen and oxygen atoms in total. The summed E-state index contributed by atoms with van der Waals surface area (Å²) in [6.45, 7) is 3.84. The molecule has 0 amide bonds. The van der Waals surface area contributed by atoms with E-state index in [4.69, 9.17) is 4.74 Å².